The minimum Gasteiger partial charge on any atom is -0.595 e. The van der Waals surface area contributed by atoms with Crippen molar-refractivity contribution in [3.05, 3.63) is 47.2 Å². The van der Waals surface area contributed by atoms with Gasteiger partial charge in [0, 0.05) is 23.1 Å². The zero-order valence-corrected chi connectivity index (χ0v) is 12.6. The number of hydrogen-bond donors (Lipinski definition) is 2. The molecule has 22 heavy (non-hydrogen) atoms. The third kappa shape index (κ3) is 2.13. The molecular formula is C17H21NO4. The van der Waals surface area contributed by atoms with Crippen LogP contribution in [0.4, 0.5) is 5.69 Å². The second-order valence-electron chi connectivity index (χ2n) is 6.96. The molecule has 1 aliphatic heterocycles. The molecule has 1 aromatic carbocycles. The predicted molar refractivity (Wildman–Crippen MR) is 79.3 cm³/mol. The highest BCUT2D eigenvalue weighted by Gasteiger charge is 2.53. The van der Waals surface area contributed by atoms with Crippen LogP contribution in [-0.4, -0.2) is 18.4 Å². The van der Waals surface area contributed by atoms with Gasteiger partial charge in [0.15, 0.2) is 11.5 Å². The first-order chi connectivity index (χ1) is 10.5. The molecule has 0 aromatic heterocycles. The number of allylic oxidation sites excluding steroid dienone is 2. The largest absolute Gasteiger partial charge is 0.595 e. The summed E-state index contributed by atoms with van der Waals surface area (Å²) in [6.45, 7) is 3.32. The summed E-state index contributed by atoms with van der Waals surface area (Å²) < 4.78 is 12.3. The van der Waals surface area contributed by atoms with Gasteiger partial charge < -0.3 is 14.7 Å². The lowest BCUT2D eigenvalue weighted by molar-refractivity contribution is -0.991. The molecular weight excluding hydrogens is 282 g/mol. The molecule has 1 heterocycles. The molecule has 3 atom stereocenters. The lowest BCUT2D eigenvalue weighted by Crippen LogP contribution is -2.99. The quantitative estimate of drug-likeness (QED) is 0.647. The molecule has 118 valence electrons. The average Bonchev–Trinajstić information content (AvgIpc) is 3.12. The normalized spacial score (nSPS) is 41.2. The van der Waals surface area contributed by atoms with Crippen molar-refractivity contribution in [2.45, 2.75) is 25.6 Å². The molecule has 1 unspecified atom stereocenters. The Balaban J connectivity index is 1.51. The van der Waals surface area contributed by atoms with Crippen molar-refractivity contribution >= 4 is 5.69 Å². The molecule has 2 bridgehead atoms. The monoisotopic (exact) mass is 303 g/mol. The predicted octanol–water partition coefficient (Wildman–Crippen LogP) is 1.89. The second-order valence-corrected chi connectivity index (χ2v) is 6.96. The highest BCUT2D eigenvalue weighted by Crippen LogP contribution is 2.55. The molecule has 1 aromatic rings. The first-order valence-electron chi connectivity index (χ1n) is 7.81. The average molecular weight is 303 g/mol. The van der Waals surface area contributed by atoms with E-state index in [0.717, 1.165) is 12.0 Å². The van der Waals surface area contributed by atoms with Crippen LogP contribution in [0.5, 0.6) is 0 Å². The molecule has 1 saturated heterocycles. The number of quaternary nitrogens is 1. The molecule has 1 spiro atoms. The molecule has 4 rings (SSSR count). The van der Waals surface area contributed by atoms with Gasteiger partial charge in [0.2, 0.25) is 0 Å². The van der Waals surface area contributed by atoms with E-state index in [1.165, 1.54) is 6.42 Å². The molecule has 2 fully saturated rings. The van der Waals surface area contributed by atoms with Crippen molar-refractivity contribution in [2.24, 2.45) is 17.3 Å². The fourth-order valence-corrected chi connectivity index (χ4v) is 4.11. The van der Waals surface area contributed by atoms with Gasteiger partial charge >= 0.3 is 0 Å². The van der Waals surface area contributed by atoms with Crippen LogP contribution in [0.3, 0.4) is 0 Å². The number of hydrogen-bond acceptors (Lipinski definition) is 4. The summed E-state index contributed by atoms with van der Waals surface area (Å²) in [7, 11) is 0. The summed E-state index contributed by atoms with van der Waals surface area (Å²) in [5.41, 5.74) is 1.28. The number of ether oxygens (including phenoxy) is 2. The van der Waals surface area contributed by atoms with Gasteiger partial charge in [-0.1, -0.05) is 12.2 Å². The van der Waals surface area contributed by atoms with Gasteiger partial charge in [-0.05, 0) is 43.7 Å². The van der Waals surface area contributed by atoms with E-state index in [1.807, 2.05) is 6.92 Å². The zero-order chi connectivity index (χ0) is 15.4. The Kier molecular flexibility index (Phi) is 3.18. The van der Waals surface area contributed by atoms with Crippen molar-refractivity contribution in [2.75, 3.05) is 13.2 Å². The molecule has 5 nitrogen and oxygen atoms in total. The fourth-order valence-electron chi connectivity index (χ4n) is 4.11. The van der Waals surface area contributed by atoms with Crippen molar-refractivity contribution < 1.29 is 19.9 Å². The number of rotatable bonds is 2. The maximum absolute atomic E-state index is 10.9. The first-order valence-corrected chi connectivity index (χ1v) is 7.81. The minimum atomic E-state index is -0.921. The second kappa shape index (κ2) is 4.88. The van der Waals surface area contributed by atoms with Gasteiger partial charge in [0.1, 0.15) is 0 Å². The number of fused-ring (bicyclic) bond motifs is 3. The fraction of sp³-hybridized carbons (Fsp3) is 0.529. The van der Waals surface area contributed by atoms with Gasteiger partial charge in [-0.15, -0.1) is 0 Å². The van der Waals surface area contributed by atoms with Crippen LogP contribution in [0.1, 0.15) is 25.3 Å². The Labute approximate surface area is 129 Å². The smallest absolute Gasteiger partial charge is 0.191 e. The Morgan fingerprint density at radius 2 is 1.86 bits per heavy atom. The highest BCUT2D eigenvalue weighted by molar-refractivity contribution is 5.34. The number of nitrogens with one attached hydrogen (secondary N) is 1. The van der Waals surface area contributed by atoms with Gasteiger partial charge in [-0.3, -0.25) is 0 Å². The Hall–Kier alpha value is -1.24. The molecule has 0 radical (unpaired) electrons. The van der Waals surface area contributed by atoms with E-state index in [4.69, 9.17) is 14.7 Å². The van der Waals surface area contributed by atoms with E-state index >= 15 is 0 Å². The lowest BCUT2D eigenvalue weighted by atomic mass is 9.76. The molecule has 3 aliphatic rings. The standard InChI is InChI=1S/C17H21NO4/c1-16(13-4-6-15(7-5-13)18(19)20)21-10-17(11-22-16)9-12-2-3-14(17)8-12/h2-7,12,14,18-19H,8-11H2,1H3/t12-,14-,16?,17?/m1/s1. The van der Waals surface area contributed by atoms with Crippen LogP contribution in [-0.2, 0) is 15.3 Å². The van der Waals surface area contributed by atoms with Crippen molar-refractivity contribution in [1.82, 2.24) is 0 Å². The van der Waals surface area contributed by atoms with E-state index in [0.29, 0.717) is 25.0 Å². The van der Waals surface area contributed by atoms with Crippen molar-refractivity contribution in [3.8, 4) is 0 Å². The van der Waals surface area contributed by atoms with E-state index < -0.39 is 11.0 Å². The summed E-state index contributed by atoms with van der Waals surface area (Å²) >= 11 is 0. The first kappa shape index (κ1) is 14.4. The maximum atomic E-state index is 10.9. The number of benzene rings is 1. The minimum absolute atomic E-state index is 0.139. The van der Waals surface area contributed by atoms with Gasteiger partial charge in [-0.25, -0.2) is 5.21 Å². The van der Waals surface area contributed by atoms with Gasteiger partial charge in [-0.2, -0.15) is 5.23 Å². The molecule has 2 N–H and O–H groups in total. The Bertz CT molecular complexity index is 587. The topological polar surface area (TPSA) is 66.2 Å². The Morgan fingerprint density at radius 1 is 1.18 bits per heavy atom. The van der Waals surface area contributed by atoms with E-state index in [-0.39, 0.29) is 11.1 Å². The summed E-state index contributed by atoms with van der Waals surface area (Å²) in [5.74, 6) is 0.487. The van der Waals surface area contributed by atoms with E-state index in [2.05, 4.69) is 12.2 Å². The Morgan fingerprint density at radius 3 is 2.36 bits per heavy atom. The van der Waals surface area contributed by atoms with Crippen LogP contribution in [0.15, 0.2) is 36.4 Å². The van der Waals surface area contributed by atoms with Gasteiger partial charge in [0.25, 0.3) is 0 Å². The van der Waals surface area contributed by atoms with E-state index in [9.17, 15) is 5.21 Å². The van der Waals surface area contributed by atoms with Crippen molar-refractivity contribution in [1.29, 1.82) is 0 Å². The summed E-state index contributed by atoms with van der Waals surface area (Å²) in [6, 6.07) is 6.75. The van der Waals surface area contributed by atoms with Crippen LogP contribution in [0, 0.1) is 22.5 Å². The van der Waals surface area contributed by atoms with Crippen LogP contribution in [0.25, 0.3) is 0 Å². The third-order valence-corrected chi connectivity index (χ3v) is 5.55. The highest BCUT2D eigenvalue weighted by atomic mass is 16.8. The van der Waals surface area contributed by atoms with Gasteiger partial charge in [0.05, 0.1) is 13.2 Å². The maximum Gasteiger partial charge on any atom is 0.191 e. The molecule has 5 heteroatoms. The van der Waals surface area contributed by atoms with Crippen LogP contribution in [0.2, 0.25) is 0 Å². The molecule has 0 amide bonds. The third-order valence-electron chi connectivity index (χ3n) is 5.55. The lowest BCUT2D eigenvalue weighted by Gasteiger charge is -2.46. The van der Waals surface area contributed by atoms with Crippen LogP contribution >= 0.6 is 0 Å². The van der Waals surface area contributed by atoms with Crippen LogP contribution < -0.4 is 5.23 Å². The SMILES string of the molecule is CC1(c2ccc([NH+]([O-])O)cc2)OCC2(CO1)C[C@@H]1C=C[C@@H]2C1. The molecule has 1 saturated carbocycles. The van der Waals surface area contributed by atoms with Crippen molar-refractivity contribution in [3.63, 3.8) is 0 Å². The zero-order valence-electron chi connectivity index (χ0n) is 12.6. The summed E-state index contributed by atoms with van der Waals surface area (Å²) in [4.78, 5) is 0. The summed E-state index contributed by atoms with van der Waals surface area (Å²) in [6.07, 6.45) is 7.04. The molecule has 2 aliphatic carbocycles. The summed E-state index contributed by atoms with van der Waals surface area (Å²) in [5, 5.41) is 19.0. The van der Waals surface area contributed by atoms with E-state index in [1.54, 1.807) is 24.3 Å².